The quantitative estimate of drug-likeness (QED) is 0.0269. The van der Waals surface area contributed by atoms with Crippen molar-refractivity contribution in [1.82, 2.24) is 0 Å². The second-order valence-corrected chi connectivity index (χ2v) is 14.6. The Morgan fingerprint density at radius 2 is 0.701 bits per heavy atom. The van der Waals surface area contributed by atoms with Gasteiger partial charge in [-0.2, -0.15) is 4.57 Å². The number of thiazole rings is 1. The van der Waals surface area contributed by atoms with Crippen LogP contribution in [0, 0.1) is 116 Å². The zero-order chi connectivity index (χ0) is 49.6. The van der Waals surface area contributed by atoms with Gasteiger partial charge in [0, 0.05) is 5.56 Å². The van der Waals surface area contributed by atoms with Gasteiger partial charge in [0.1, 0.15) is 52.7 Å². The Morgan fingerprint density at radius 3 is 1.01 bits per heavy atom. The van der Waals surface area contributed by atoms with Crippen LogP contribution in [0.3, 0.4) is 0 Å². The smallest absolute Gasteiger partial charge is 0.281 e. The van der Waals surface area contributed by atoms with Crippen molar-refractivity contribution in [2.24, 2.45) is 0 Å². The fraction of sp³-hybridized carbons (Fsp3) is 0.0233. The highest BCUT2D eigenvalue weighted by molar-refractivity contribution is 7.20. The lowest BCUT2D eigenvalue weighted by Gasteiger charge is -2.44. The van der Waals surface area contributed by atoms with Crippen molar-refractivity contribution in [3.8, 4) is 0 Å². The van der Waals surface area contributed by atoms with E-state index in [1.807, 2.05) is 70.8 Å². The molecule has 1 aromatic heterocycles. The van der Waals surface area contributed by atoms with E-state index in [2.05, 4.69) is 12.1 Å². The zero-order valence-electron chi connectivity index (χ0n) is 32.2. The molecule has 6 aromatic carbocycles. The van der Waals surface area contributed by atoms with E-state index in [4.69, 9.17) is 0 Å². The highest BCUT2D eigenvalue weighted by Gasteiger charge is 2.52. The first-order valence-corrected chi connectivity index (χ1v) is 18.9. The molecule has 2 nitrogen and oxygen atoms in total. The van der Waals surface area contributed by atoms with Crippen molar-refractivity contribution in [2.75, 3.05) is 0 Å². The van der Waals surface area contributed by atoms with Crippen molar-refractivity contribution in [3.05, 3.63) is 211 Å². The molecule has 0 radical (unpaired) electrons. The number of ketones is 1. The molecule has 7 aromatic rings. The molecule has 0 unspecified atom stereocenters. The number of halogens is 20. The van der Waals surface area contributed by atoms with Crippen LogP contribution in [0.25, 0.3) is 6.08 Å². The molecule has 0 bridgehead atoms. The Hall–Kier alpha value is -6.98. The largest absolute Gasteiger partial charge is 0.310 e. The van der Waals surface area contributed by atoms with E-state index in [1.165, 1.54) is 16.9 Å². The van der Waals surface area contributed by atoms with E-state index in [0.29, 0.717) is 6.54 Å². The molecule has 0 aliphatic heterocycles. The molecule has 0 N–H and O–H groups in total. The summed E-state index contributed by atoms with van der Waals surface area (Å²) in [6.45, 7) is 0.713. The lowest BCUT2D eigenvalue weighted by atomic mass is 9.12. The van der Waals surface area contributed by atoms with Gasteiger partial charge < -0.3 is 0 Å². The monoisotopic (exact) mass is 985 g/mol. The average Bonchev–Trinajstić information content (AvgIpc) is 3.79. The van der Waals surface area contributed by atoms with E-state index in [-0.39, 0.29) is 5.78 Å². The van der Waals surface area contributed by atoms with Gasteiger partial charge in [0.05, 0.1) is 5.38 Å². The van der Waals surface area contributed by atoms with Crippen LogP contribution in [0.2, 0.25) is 0 Å². The minimum atomic E-state index is -7.22. The van der Waals surface area contributed by atoms with Gasteiger partial charge in [-0.3, -0.25) is 4.79 Å². The standard InChI is InChI=1S/C24BF20.C19H16NOS/c26-5-1(6(27)14(35)21(42)13(5)34)25(2-7(28)15(36)22(43)16(37)8(2)29,3-9(30)17(38)23(44)18(39)10(3)31)4-11(32)19(40)24(45)20(41)12(4)33;21-18(12-11-16-7-3-1-4-8-16)19-20(13-14-22-19)15-17-9-5-2-6-10-17/h;1-14H,15H2/q-1;+1. The maximum Gasteiger partial charge on any atom is 0.310 e. The van der Waals surface area contributed by atoms with Crippen molar-refractivity contribution in [1.29, 1.82) is 0 Å². The van der Waals surface area contributed by atoms with Crippen LogP contribution in [-0.4, -0.2) is 11.9 Å². The third kappa shape index (κ3) is 8.30. The molecule has 0 atom stereocenters. The topological polar surface area (TPSA) is 20.9 Å². The molecule has 0 amide bonds. The van der Waals surface area contributed by atoms with Crippen molar-refractivity contribution < 1.29 is 97.2 Å². The fourth-order valence-electron chi connectivity index (χ4n) is 7.09. The molecule has 0 spiro atoms. The van der Waals surface area contributed by atoms with E-state index in [9.17, 15) is 57.5 Å². The van der Waals surface area contributed by atoms with Crippen LogP contribution in [0.1, 0.15) is 20.9 Å². The first-order chi connectivity index (χ1) is 31.5. The van der Waals surface area contributed by atoms with Gasteiger partial charge in [-0.1, -0.05) is 78.1 Å². The number of aromatic nitrogens is 1. The molecular formula is C43H16BF20NOS. The first kappa shape index (κ1) is 49.5. The van der Waals surface area contributed by atoms with Gasteiger partial charge in [0.15, 0.2) is 82.5 Å². The van der Waals surface area contributed by atoms with E-state index in [1.54, 1.807) is 6.08 Å². The second kappa shape index (κ2) is 19.1. The van der Waals surface area contributed by atoms with Crippen LogP contribution in [0.15, 0.2) is 78.3 Å². The first-order valence-electron chi connectivity index (χ1n) is 18.0. The highest BCUT2D eigenvalue weighted by atomic mass is 32.1. The number of carbonyl (C=O) groups is 1. The summed E-state index contributed by atoms with van der Waals surface area (Å²) in [6.07, 6.45) is -1.76. The normalized spacial score (nSPS) is 11.6. The van der Waals surface area contributed by atoms with E-state index < -0.39 is 144 Å². The third-order valence-electron chi connectivity index (χ3n) is 10.0. The Labute approximate surface area is 365 Å². The van der Waals surface area contributed by atoms with Crippen LogP contribution in [0.4, 0.5) is 87.8 Å². The predicted octanol–water partition coefficient (Wildman–Crippen LogP) is 9.83. The molecule has 24 heteroatoms. The van der Waals surface area contributed by atoms with Gasteiger partial charge in [-0.05, 0) is 11.6 Å². The van der Waals surface area contributed by atoms with Crippen LogP contribution < -0.4 is 26.4 Å². The van der Waals surface area contributed by atoms with Gasteiger partial charge in [0.2, 0.25) is 0 Å². The number of nitrogens with zero attached hydrogens (tertiary/aromatic N) is 1. The fourth-order valence-corrected chi connectivity index (χ4v) is 7.87. The molecule has 348 valence electrons. The maximum atomic E-state index is 15.4. The molecular weight excluding hydrogens is 969 g/mol. The average molecular weight is 985 g/mol. The minimum absolute atomic E-state index is 0.0368. The molecule has 0 fully saturated rings. The highest BCUT2D eigenvalue weighted by Crippen LogP contribution is 2.31. The number of rotatable bonds is 9. The lowest BCUT2D eigenvalue weighted by Crippen LogP contribution is -2.81. The molecule has 67 heavy (non-hydrogen) atoms. The Balaban J connectivity index is 0.000000279. The summed E-state index contributed by atoms with van der Waals surface area (Å²) in [7, 11) is 0. The Morgan fingerprint density at radius 1 is 0.418 bits per heavy atom. The molecule has 0 aliphatic carbocycles. The molecule has 7 rings (SSSR count). The minimum Gasteiger partial charge on any atom is -0.281 e. The summed E-state index contributed by atoms with van der Waals surface area (Å²) in [5.41, 5.74) is -12.1. The van der Waals surface area contributed by atoms with Crippen LogP contribution in [0.5, 0.6) is 0 Å². The van der Waals surface area contributed by atoms with Gasteiger partial charge in [0.25, 0.3) is 5.78 Å². The molecule has 1 heterocycles. The number of hydrogen-bond acceptors (Lipinski definition) is 2. The number of allylic oxidation sites excluding steroid dienone is 1. The number of benzene rings is 6. The summed E-state index contributed by atoms with van der Waals surface area (Å²) in [5, 5.41) is 2.70. The lowest BCUT2D eigenvalue weighted by molar-refractivity contribution is -0.685. The van der Waals surface area contributed by atoms with Crippen molar-refractivity contribution in [3.63, 3.8) is 0 Å². The summed E-state index contributed by atoms with van der Waals surface area (Å²) in [6, 6.07) is 20.0. The molecule has 0 aliphatic rings. The number of carbonyl (C=O) groups excluding carboxylic acids is 1. The van der Waals surface area contributed by atoms with E-state index >= 15 is 35.1 Å². The summed E-state index contributed by atoms with van der Waals surface area (Å²) < 4.78 is 296. The summed E-state index contributed by atoms with van der Waals surface area (Å²) >= 11 is 1.47. The Kier molecular flexibility index (Phi) is 14.1. The van der Waals surface area contributed by atoms with Gasteiger partial charge in [-0.15, -0.1) is 21.9 Å². The third-order valence-corrected chi connectivity index (χ3v) is 10.9. The SMILES string of the molecule is Fc1c(F)c(F)c([B-](c2c(F)c(F)c(F)c(F)c2F)(c2c(F)c(F)c(F)c(F)c2F)c2c(F)c(F)c(F)c(F)c2F)c(F)c1F.O=C(C=Cc1ccccc1)c1scc[n+]1Cc1ccccc1. The molecule has 0 saturated carbocycles. The predicted molar refractivity (Wildman–Crippen MR) is 199 cm³/mol. The zero-order valence-corrected chi connectivity index (χ0v) is 33.0. The molecule has 0 saturated heterocycles. The van der Waals surface area contributed by atoms with Gasteiger partial charge in [-0.25, -0.2) is 87.8 Å². The number of hydrogen-bond donors (Lipinski definition) is 0. The van der Waals surface area contributed by atoms with Gasteiger partial charge >= 0.3 is 5.01 Å². The second-order valence-electron chi connectivity index (χ2n) is 13.7. The summed E-state index contributed by atoms with van der Waals surface area (Å²) in [5.74, 6) is -71.4. The van der Waals surface area contributed by atoms with Crippen molar-refractivity contribution in [2.45, 2.75) is 6.54 Å². The van der Waals surface area contributed by atoms with Crippen molar-refractivity contribution >= 4 is 51.2 Å². The summed E-state index contributed by atoms with van der Waals surface area (Å²) in [4.78, 5) is 12.4. The maximum absolute atomic E-state index is 15.4. The van der Waals surface area contributed by atoms with E-state index in [0.717, 1.165) is 10.6 Å². The van der Waals surface area contributed by atoms with Crippen LogP contribution in [-0.2, 0) is 6.54 Å². The van der Waals surface area contributed by atoms with Crippen LogP contribution >= 0.6 is 11.3 Å². The Bertz CT molecular complexity index is 2750.